The van der Waals surface area contributed by atoms with Gasteiger partial charge in [-0.05, 0) is 50.7 Å². The highest BCUT2D eigenvalue weighted by molar-refractivity contribution is 5.70. The Hall–Kier alpha value is -3.17. The lowest BCUT2D eigenvalue weighted by Crippen LogP contribution is -2.31. The van der Waals surface area contributed by atoms with Crippen molar-refractivity contribution in [2.45, 2.75) is 59.0 Å². The maximum Gasteiger partial charge on any atom is 0.409 e. The van der Waals surface area contributed by atoms with E-state index in [9.17, 15) is 14.7 Å². The monoisotopic (exact) mass is 473 g/mol. The highest BCUT2D eigenvalue weighted by atomic mass is 16.6. The molecule has 2 aromatic rings. The molecule has 34 heavy (non-hydrogen) atoms. The molecule has 0 spiro atoms. The molecule has 0 unspecified atom stereocenters. The fraction of sp³-hybridized carbons (Fsp3) is 0.625. The van der Waals surface area contributed by atoms with Gasteiger partial charge in [0.15, 0.2) is 0 Å². The number of aromatic nitrogens is 4. The Balaban J connectivity index is 1.65. The molecule has 1 N–H and O–H groups in total. The van der Waals surface area contributed by atoms with Crippen molar-refractivity contribution in [1.29, 1.82) is 0 Å². The number of carbonyl (C=O) groups is 2. The fourth-order valence-electron chi connectivity index (χ4n) is 4.28. The van der Waals surface area contributed by atoms with E-state index in [1.165, 1.54) is 0 Å². The molecule has 10 heteroatoms. The molecule has 2 aromatic heterocycles. The molecule has 1 fully saturated rings. The normalized spacial score (nSPS) is 18.1. The number of hydrogen-bond acceptors (Lipinski definition) is 7. The van der Waals surface area contributed by atoms with Crippen molar-refractivity contribution >= 4 is 12.1 Å². The van der Waals surface area contributed by atoms with Crippen LogP contribution >= 0.6 is 0 Å². The van der Waals surface area contributed by atoms with Crippen LogP contribution in [0.25, 0.3) is 11.4 Å². The third-order valence-electron chi connectivity index (χ3n) is 6.01. The minimum absolute atomic E-state index is 0.128. The van der Waals surface area contributed by atoms with Crippen LogP contribution in [0.15, 0.2) is 12.1 Å². The summed E-state index contributed by atoms with van der Waals surface area (Å²) in [5.74, 6) is -0.102. The van der Waals surface area contributed by atoms with Gasteiger partial charge in [-0.25, -0.2) is 9.78 Å². The number of rotatable bonds is 9. The Kier molecular flexibility index (Phi) is 8.46. The van der Waals surface area contributed by atoms with Crippen LogP contribution in [0.2, 0.25) is 0 Å². The zero-order chi connectivity index (χ0) is 24.8. The fourth-order valence-corrected chi connectivity index (χ4v) is 4.28. The predicted octanol–water partition coefficient (Wildman–Crippen LogP) is 3.47. The first-order chi connectivity index (χ1) is 16.2. The zero-order valence-corrected chi connectivity index (χ0v) is 20.7. The number of amides is 1. The summed E-state index contributed by atoms with van der Waals surface area (Å²) in [6.45, 7) is 6.79. The molecule has 0 bridgehead atoms. The average Bonchev–Trinajstić information content (AvgIpc) is 3.15. The highest BCUT2D eigenvalue weighted by Crippen LogP contribution is 2.30. The van der Waals surface area contributed by atoms with Crippen LogP contribution in [-0.2, 0) is 23.0 Å². The van der Waals surface area contributed by atoms with Gasteiger partial charge in [0.1, 0.15) is 11.4 Å². The Labute approximate surface area is 200 Å². The van der Waals surface area contributed by atoms with E-state index in [-0.39, 0.29) is 24.7 Å². The Morgan fingerprint density at radius 3 is 2.74 bits per heavy atom. The largest absolute Gasteiger partial charge is 0.489 e. The number of carboxylic acids is 1. The second-order valence-electron chi connectivity index (χ2n) is 9.37. The minimum Gasteiger partial charge on any atom is -0.489 e. The lowest BCUT2D eigenvalue weighted by molar-refractivity contribution is -0.143. The summed E-state index contributed by atoms with van der Waals surface area (Å²) in [7, 11) is 3.52. The Bertz CT molecular complexity index is 1010. The van der Waals surface area contributed by atoms with Crippen molar-refractivity contribution in [3.05, 3.63) is 23.5 Å². The van der Waals surface area contributed by atoms with Crippen LogP contribution < -0.4 is 4.74 Å². The number of hydrogen-bond donors (Lipinski definition) is 1. The molecule has 2 heterocycles. The molecule has 0 saturated heterocycles. The van der Waals surface area contributed by atoms with Gasteiger partial charge in [0.2, 0.25) is 0 Å². The summed E-state index contributed by atoms with van der Waals surface area (Å²) in [6, 6.07) is 3.68. The SMILES string of the molecule is Cc1nc(-c2nnn(C)c2CCOC(=O)N(C)CC(C)C)ccc1O[C@H]1CCC[C@H](C(=O)O)C1. The second kappa shape index (κ2) is 11.3. The molecule has 2 atom stereocenters. The molecule has 0 radical (unpaired) electrons. The van der Waals surface area contributed by atoms with Gasteiger partial charge in [-0.3, -0.25) is 9.48 Å². The first-order valence-corrected chi connectivity index (χ1v) is 11.8. The molecule has 1 aliphatic carbocycles. The highest BCUT2D eigenvalue weighted by Gasteiger charge is 2.28. The lowest BCUT2D eigenvalue weighted by Gasteiger charge is -2.27. The van der Waals surface area contributed by atoms with Crippen molar-refractivity contribution in [3.63, 3.8) is 0 Å². The second-order valence-corrected chi connectivity index (χ2v) is 9.37. The van der Waals surface area contributed by atoms with Gasteiger partial charge in [-0.2, -0.15) is 0 Å². The number of aliphatic carboxylic acids is 1. The quantitative estimate of drug-likeness (QED) is 0.588. The number of aryl methyl sites for hydroxylation is 2. The van der Waals surface area contributed by atoms with Crippen LogP contribution in [0.5, 0.6) is 5.75 Å². The molecule has 0 aliphatic heterocycles. The van der Waals surface area contributed by atoms with Gasteiger partial charge in [-0.1, -0.05) is 19.1 Å². The van der Waals surface area contributed by atoms with E-state index in [1.807, 2.05) is 32.9 Å². The smallest absolute Gasteiger partial charge is 0.409 e. The van der Waals surface area contributed by atoms with Crippen LogP contribution in [-0.4, -0.2) is 68.4 Å². The number of nitrogens with zero attached hydrogens (tertiary/aromatic N) is 5. The Morgan fingerprint density at radius 2 is 2.06 bits per heavy atom. The lowest BCUT2D eigenvalue weighted by atomic mass is 9.87. The van der Waals surface area contributed by atoms with E-state index in [4.69, 9.17) is 9.47 Å². The number of carboxylic acid groups (broad SMARTS) is 1. The van der Waals surface area contributed by atoms with Crippen molar-refractivity contribution in [3.8, 4) is 17.1 Å². The minimum atomic E-state index is -0.758. The van der Waals surface area contributed by atoms with Crippen molar-refractivity contribution < 1.29 is 24.2 Å². The first kappa shape index (κ1) is 25.5. The summed E-state index contributed by atoms with van der Waals surface area (Å²) in [5.41, 5.74) is 2.81. The van der Waals surface area contributed by atoms with Crippen molar-refractivity contribution in [2.75, 3.05) is 20.2 Å². The van der Waals surface area contributed by atoms with Gasteiger partial charge < -0.3 is 19.5 Å². The summed E-state index contributed by atoms with van der Waals surface area (Å²) >= 11 is 0. The predicted molar refractivity (Wildman–Crippen MR) is 126 cm³/mol. The maximum absolute atomic E-state index is 12.2. The van der Waals surface area contributed by atoms with E-state index in [1.54, 1.807) is 23.7 Å². The van der Waals surface area contributed by atoms with Crippen LogP contribution in [0.3, 0.4) is 0 Å². The van der Waals surface area contributed by atoms with Crippen molar-refractivity contribution in [2.24, 2.45) is 18.9 Å². The van der Waals surface area contributed by atoms with E-state index in [2.05, 4.69) is 15.3 Å². The number of ether oxygens (including phenoxy) is 2. The third-order valence-corrected chi connectivity index (χ3v) is 6.01. The molecule has 186 valence electrons. The molecular formula is C24H35N5O5. The van der Waals surface area contributed by atoms with Crippen LogP contribution in [0, 0.1) is 18.8 Å². The molecule has 10 nitrogen and oxygen atoms in total. The summed E-state index contributed by atoms with van der Waals surface area (Å²) in [4.78, 5) is 29.7. The van der Waals surface area contributed by atoms with E-state index in [0.717, 1.165) is 18.5 Å². The van der Waals surface area contributed by atoms with Gasteiger partial charge in [-0.15, -0.1) is 5.10 Å². The van der Waals surface area contributed by atoms with Crippen molar-refractivity contribution in [1.82, 2.24) is 24.9 Å². The maximum atomic E-state index is 12.2. The molecule has 1 saturated carbocycles. The van der Waals surface area contributed by atoms with Gasteiger partial charge in [0.05, 0.1) is 35.7 Å². The van der Waals surface area contributed by atoms with E-state index < -0.39 is 5.97 Å². The van der Waals surface area contributed by atoms with Gasteiger partial charge in [0.25, 0.3) is 0 Å². The average molecular weight is 474 g/mol. The molecule has 1 aliphatic rings. The van der Waals surface area contributed by atoms with E-state index in [0.29, 0.717) is 54.6 Å². The first-order valence-electron chi connectivity index (χ1n) is 11.8. The zero-order valence-electron chi connectivity index (χ0n) is 20.7. The standard InChI is InChI=1S/C24H35N5O5/c1-15(2)14-28(4)24(32)33-12-11-20-22(26-27-29(20)5)19-9-10-21(16(3)25-19)34-18-8-6-7-17(13-18)23(30)31/h9-10,15,17-18H,6-8,11-14H2,1-5H3,(H,30,31)/t17-,18-/m0/s1. The summed E-state index contributed by atoms with van der Waals surface area (Å²) < 4.78 is 13.2. The molecular weight excluding hydrogens is 438 g/mol. The van der Waals surface area contributed by atoms with Crippen LogP contribution in [0.1, 0.15) is 50.9 Å². The number of pyridine rings is 1. The molecule has 0 aromatic carbocycles. The van der Waals surface area contributed by atoms with Crippen LogP contribution in [0.4, 0.5) is 4.79 Å². The molecule has 3 rings (SSSR count). The summed E-state index contributed by atoms with van der Waals surface area (Å²) in [6.07, 6.45) is 2.86. The molecule has 1 amide bonds. The van der Waals surface area contributed by atoms with Gasteiger partial charge in [0, 0.05) is 27.1 Å². The third kappa shape index (κ3) is 6.45. The van der Waals surface area contributed by atoms with E-state index >= 15 is 0 Å². The Morgan fingerprint density at radius 1 is 1.29 bits per heavy atom. The summed E-state index contributed by atoms with van der Waals surface area (Å²) in [5, 5.41) is 17.7. The number of carbonyl (C=O) groups excluding carboxylic acids is 1. The van der Waals surface area contributed by atoms with Gasteiger partial charge >= 0.3 is 12.1 Å². The topological polar surface area (TPSA) is 120 Å².